The summed E-state index contributed by atoms with van der Waals surface area (Å²) in [7, 11) is 0. The van der Waals surface area contributed by atoms with Gasteiger partial charge in [-0.05, 0) is 23.2 Å². The molecule has 1 unspecified atom stereocenters. The van der Waals surface area contributed by atoms with E-state index in [1.807, 2.05) is 0 Å². The normalized spacial score (nSPS) is 18.8. The molecule has 15 heavy (non-hydrogen) atoms. The smallest absolute Gasteiger partial charge is 0.258 e. The summed E-state index contributed by atoms with van der Waals surface area (Å²) in [5.74, 6) is 0. The van der Waals surface area contributed by atoms with Gasteiger partial charge in [0.1, 0.15) is 0 Å². The maximum Gasteiger partial charge on any atom is 0.438 e. The summed E-state index contributed by atoms with van der Waals surface area (Å²) in [6.45, 7) is 0. The van der Waals surface area contributed by atoms with Gasteiger partial charge >= 0.3 is 21.4 Å². The van der Waals surface area contributed by atoms with Crippen molar-refractivity contribution in [1.82, 2.24) is 0 Å². The SMILES string of the molecule is FC(F)(Cl)C(F)(F)OC(F)(Cl)C(F)(Cl)Cl. The van der Waals surface area contributed by atoms with Crippen molar-refractivity contribution in [2.24, 2.45) is 0 Å². The fraction of sp³-hybridized carbons (Fsp3) is 1.00. The fourth-order valence-corrected chi connectivity index (χ4v) is 0.489. The van der Waals surface area contributed by atoms with Gasteiger partial charge in [-0.2, -0.15) is 26.3 Å². The van der Waals surface area contributed by atoms with Crippen LogP contribution in [0.3, 0.4) is 0 Å². The van der Waals surface area contributed by atoms with Crippen LogP contribution in [-0.4, -0.2) is 21.4 Å². The van der Waals surface area contributed by atoms with Gasteiger partial charge in [0.05, 0.1) is 0 Å². The first-order valence-electron chi connectivity index (χ1n) is 2.80. The molecular formula is C4Cl4F6O. The summed E-state index contributed by atoms with van der Waals surface area (Å²) in [5, 5.41) is -9.92. The minimum absolute atomic E-state index is 2.60. The van der Waals surface area contributed by atoms with Crippen LogP contribution in [0, 0.1) is 0 Å². The van der Waals surface area contributed by atoms with Crippen LogP contribution in [0.4, 0.5) is 26.3 Å². The molecular weight excluding hydrogens is 320 g/mol. The molecule has 0 bridgehead atoms. The molecule has 0 aliphatic carbocycles. The molecule has 0 aromatic carbocycles. The van der Waals surface area contributed by atoms with E-state index >= 15 is 0 Å². The van der Waals surface area contributed by atoms with Crippen molar-refractivity contribution in [3.05, 3.63) is 0 Å². The van der Waals surface area contributed by atoms with Crippen molar-refractivity contribution < 1.29 is 31.1 Å². The van der Waals surface area contributed by atoms with Crippen molar-refractivity contribution in [3.63, 3.8) is 0 Å². The second kappa shape index (κ2) is 4.18. The third-order valence-electron chi connectivity index (χ3n) is 0.916. The molecule has 0 aliphatic rings. The first-order valence-corrected chi connectivity index (χ1v) is 4.31. The summed E-state index contributed by atoms with van der Waals surface area (Å²) in [4.78, 5) is 0. The molecule has 1 atom stereocenters. The predicted octanol–water partition coefficient (Wildman–Crippen LogP) is 4.39. The zero-order valence-electron chi connectivity index (χ0n) is 6.19. The van der Waals surface area contributed by atoms with Gasteiger partial charge in [0.15, 0.2) is 0 Å². The largest absolute Gasteiger partial charge is 0.438 e. The lowest BCUT2D eigenvalue weighted by molar-refractivity contribution is -0.368. The topological polar surface area (TPSA) is 9.23 Å². The molecule has 0 aromatic rings. The summed E-state index contributed by atoms with van der Waals surface area (Å²) in [6, 6.07) is 0. The van der Waals surface area contributed by atoms with E-state index < -0.39 is 21.4 Å². The van der Waals surface area contributed by atoms with Gasteiger partial charge in [-0.1, -0.05) is 23.2 Å². The highest BCUT2D eigenvalue weighted by Crippen LogP contribution is 2.49. The molecule has 0 amide bonds. The highest BCUT2D eigenvalue weighted by Gasteiger charge is 2.66. The van der Waals surface area contributed by atoms with Crippen molar-refractivity contribution in [3.8, 4) is 0 Å². The standard InChI is InChI=1S/C4Cl4F6O/c5-1(6,9)3(8,12)15-4(13,14)2(7,10)11. The van der Waals surface area contributed by atoms with Gasteiger partial charge in [0, 0.05) is 0 Å². The van der Waals surface area contributed by atoms with E-state index in [4.69, 9.17) is 0 Å². The molecule has 0 rings (SSSR count). The van der Waals surface area contributed by atoms with Crippen molar-refractivity contribution in [2.75, 3.05) is 0 Å². The van der Waals surface area contributed by atoms with Gasteiger partial charge < -0.3 is 0 Å². The van der Waals surface area contributed by atoms with Crippen LogP contribution in [0.25, 0.3) is 0 Å². The second-order valence-electron chi connectivity index (χ2n) is 2.13. The monoisotopic (exact) mass is 318 g/mol. The van der Waals surface area contributed by atoms with E-state index in [2.05, 4.69) is 51.1 Å². The average molecular weight is 320 g/mol. The Kier molecular flexibility index (Phi) is 4.37. The Labute approximate surface area is 99.2 Å². The Hall–Kier alpha value is 0.700. The molecule has 1 nitrogen and oxygen atoms in total. The first kappa shape index (κ1) is 15.7. The molecule has 0 saturated heterocycles. The number of hydrogen-bond donors (Lipinski definition) is 0. The highest BCUT2D eigenvalue weighted by molar-refractivity contribution is 6.51. The Morgan fingerprint density at radius 3 is 1.27 bits per heavy atom. The maximum atomic E-state index is 12.7. The number of halogens is 10. The number of hydrogen-bond acceptors (Lipinski definition) is 1. The summed E-state index contributed by atoms with van der Waals surface area (Å²) >= 11 is 16.8. The Morgan fingerprint density at radius 2 is 1.07 bits per heavy atom. The quantitative estimate of drug-likeness (QED) is 0.551. The molecule has 0 spiro atoms. The second-order valence-corrected chi connectivity index (χ2v) is 4.33. The van der Waals surface area contributed by atoms with Gasteiger partial charge in [-0.3, -0.25) is 4.74 Å². The maximum absolute atomic E-state index is 12.7. The number of alkyl halides is 10. The summed E-state index contributed by atoms with van der Waals surface area (Å²) in [6.07, 6.45) is -5.60. The number of ether oxygens (including phenoxy) is 1. The van der Waals surface area contributed by atoms with E-state index in [-0.39, 0.29) is 0 Å². The molecule has 11 heteroatoms. The lowest BCUT2D eigenvalue weighted by Gasteiger charge is -2.29. The van der Waals surface area contributed by atoms with E-state index in [0.29, 0.717) is 0 Å². The van der Waals surface area contributed by atoms with Gasteiger partial charge in [0.2, 0.25) is 0 Å². The Balaban J connectivity index is 4.89. The summed E-state index contributed by atoms with van der Waals surface area (Å²) in [5.41, 5.74) is 0. The molecule has 92 valence electrons. The minimum atomic E-state index is -5.60. The van der Waals surface area contributed by atoms with Gasteiger partial charge in [-0.15, -0.1) is 0 Å². The van der Waals surface area contributed by atoms with E-state index in [0.717, 1.165) is 0 Å². The van der Waals surface area contributed by atoms with Crippen LogP contribution >= 0.6 is 46.4 Å². The molecule has 0 radical (unpaired) electrons. The van der Waals surface area contributed by atoms with Crippen molar-refractivity contribution in [2.45, 2.75) is 21.4 Å². The van der Waals surface area contributed by atoms with Crippen LogP contribution in [0.1, 0.15) is 0 Å². The Bertz CT molecular complexity index is 208. The molecule has 0 aromatic heterocycles. The van der Waals surface area contributed by atoms with E-state index in [1.54, 1.807) is 0 Å². The van der Waals surface area contributed by atoms with Crippen LogP contribution in [0.15, 0.2) is 0 Å². The molecule has 0 fully saturated rings. The van der Waals surface area contributed by atoms with Crippen LogP contribution in [-0.2, 0) is 4.74 Å². The van der Waals surface area contributed by atoms with Crippen molar-refractivity contribution in [1.29, 1.82) is 0 Å². The predicted molar refractivity (Wildman–Crippen MR) is 42.1 cm³/mol. The zero-order chi connectivity index (χ0) is 12.7. The van der Waals surface area contributed by atoms with Gasteiger partial charge in [0.25, 0.3) is 0 Å². The third-order valence-corrected chi connectivity index (χ3v) is 2.15. The molecule has 0 aliphatic heterocycles. The first-order chi connectivity index (χ1) is 6.21. The van der Waals surface area contributed by atoms with Crippen molar-refractivity contribution >= 4 is 46.4 Å². The van der Waals surface area contributed by atoms with Gasteiger partial charge in [-0.25, -0.2) is 0 Å². The lowest BCUT2D eigenvalue weighted by Crippen LogP contribution is -2.48. The summed E-state index contributed by atoms with van der Waals surface area (Å²) < 4.78 is 71.7. The number of rotatable bonds is 4. The highest BCUT2D eigenvalue weighted by atomic mass is 35.5. The molecule has 0 N–H and O–H groups in total. The van der Waals surface area contributed by atoms with E-state index in [1.165, 1.54) is 0 Å². The Morgan fingerprint density at radius 1 is 0.733 bits per heavy atom. The average Bonchev–Trinajstić information content (AvgIpc) is 1.77. The molecule has 0 saturated carbocycles. The van der Waals surface area contributed by atoms with Crippen LogP contribution in [0.2, 0.25) is 0 Å². The lowest BCUT2D eigenvalue weighted by atomic mass is 10.6. The van der Waals surface area contributed by atoms with Crippen LogP contribution < -0.4 is 0 Å². The van der Waals surface area contributed by atoms with Crippen LogP contribution in [0.5, 0.6) is 0 Å². The molecule has 0 heterocycles. The third kappa shape index (κ3) is 3.89. The minimum Gasteiger partial charge on any atom is -0.258 e. The fourth-order valence-electron chi connectivity index (χ4n) is 0.277. The van der Waals surface area contributed by atoms with E-state index in [9.17, 15) is 26.3 Å². The zero-order valence-corrected chi connectivity index (χ0v) is 9.21.